The van der Waals surface area contributed by atoms with E-state index in [1.807, 2.05) is 66.4 Å². The van der Waals surface area contributed by atoms with Gasteiger partial charge in [-0.05, 0) is 24.3 Å². The average molecular weight is 261 g/mol. The first kappa shape index (κ1) is 12.4. The molecule has 0 aliphatic heterocycles. The molecule has 3 rings (SSSR count). The number of aryl methyl sites for hydroxylation is 1. The fourth-order valence-corrected chi connectivity index (χ4v) is 2.02. The van der Waals surface area contributed by atoms with Crippen molar-refractivity contribution in [3.63, 3.8) is 0 Å². The summed E-state index contributed by atoms with van der Waals surface area (Å²) in [7, 11) is 2.00. The van der Waals surface area contributed by atoms with Gasteiger partial charge in [-0.2, -0.15) is 0 Å². The van der Waals surface area contributed by atoms with E-state index in [0.29, 0.717) is 0 Å². The number of imidazole rings is 1. The topological polar surface area (TPSA) is 30.7 Å². The molecule has 3 heteroatoms. The van der Waals surface area contributed by atoms with Gasteiger partial charge in [-0.25, -0.2) is 4.98 Å². The Kier molecular flexibility index (Phi) is 3.42. The first-order chi connectivity index (χ1) is 9.83. The van der Waals surface area contributed by atoms with E-state index in [0.717, 1.165) is 22.8 Å². The lowest BCUT2D eigenvalue weighted by Crippen LogP contribution is -1.88. The first-order valence-electron chi connectivity index (χ1n) is 6.51. The number of hydrogen-bond acceptors (Lipinski definition) is 2. The zero-order valence-corrected chi connectivity index (χ0v) is 11.3. The number of benzene rings is 1. The molecular weight excluding hydrogens is 246 g/mol. The molecule has 2 heterocycles. The largest absolute Gasteiger partial charge is 0.334 e. The molecule has 0 aliphatic carbocycles. The van der Waals surface area contributed by atoms with E-state index in [4.69, 9.17) is 0 Å². The van der Waals surface area contributed by atoms with E-state index < -0.39 is 0 Å². The van der Waals surface area contributed by atoms with Crippen LogP contribution in [0.3, 0.4) is 0 Å². The van der Waals surface area contributed by atoms with Crippen molar-refractivity contribution in [3.8, 4) is 11.3 Å². The molecule has 98 valence electrons. The predicted octanol–water partition coefficient (Wildman–Crippen LogP) is 3.65. The van der Waals surface area contributed by atoms with Crippen molar-refractivity contribution in [2.24, 2.45) is 7.05 Å². The second-order valence-electron chi connectivity index (χ2n) is 4.55. The lowest BCUT2D eigenvalue weighted by Gasteiger charge is -1.93. The molecule has 0 saturated carbocycles. The summed E-state index contributed by atoms with van der Waals surface area (Å²) >= 11 is 0. The van der Waals surface area contributed by atoms with Crippen LogP contribution in [0.1, 0.15) is 11.5 Å². The molecule has 0 radical (unpaired) electrons. The summed E-state index contributed by atoms with van der Waals surface area (Å²) in [5.41, 5.74) is 3.03. The van der Waals surface area contributed by atoms with Crippen LogP contribution in [0.15, 0.2) is 60.9 Å². The van der Waals surface area contributed by atoms with E-state index in [-0.39, 0.29) is 0 Å². The Labute approximate surface area is 118 Å². The molecule has 0 saturated heterocycles. The highest BCUT2D eigenvalue weighted by Crippen LogP contribution is 2.18. The van der Waals surface area contributed by atoms with Gasteiger partial charge in [0.15, 0.2) is 0 Å². The van der Waals surface area contributed by atoms with Crippen LogP contribution in [0, 0.1) is 0 Å². The zero-order chi connectivity index (χ0) is 13.8. The van der Waals surface area contributed by atoms with Crippen LogP contribution in [0.5, 0.6) is 0 Å². The fraction of sp³-hybridized carbons (Fsp3) is 0.0588. The molecule has 3 nitrogen and oxygen atoms in total. The van der Waals surface area contributed by atoms with Gasteiger partial charge in [0.05, 0.1) is 11.4 Å². The normalized spacial score (nSPS) is 11.1. The van der Waals surface area contributed by atoms with Gasteiger partial charge < -0.3 is 4.57 Å². The molecule has 0 N–H and O–H groups in total. The van der Waals surface area contributed by atoms with E-state index >= 15 is 0 Å². The summed E-state index contributed by atoms with van der Waals surface area (Å²) in [6, 6.07) is 16.0. The van der Waals surface area contributed by atoms with Crippen LogP contribution in [0.4, 0.5) is 0 Å². The molecule has 0 bridgehead atoms. The van der Waals surface area contributed by atoms with E-state index in [2.05, 4.69) is 22.1 Å². The van der Waals surface area contributed by atoms with E-state index in [9.17, 15) is 0 Å². The van der Waals surface area contributed by atoms with Crippen molar-refractivity contribution >= 4 is 12.2 Å². The van der Waals surface area contributed by atoms with Crippen molar-refractivity contribution < 1.29 is 0 Å². The summed E-state index contributed by atoms with van der Waals surface area (Å²) in [6.45, 7) is 0. The molecule has 20 heavy (non-hydrogen) atoms. The van der Waals surface area contributed by atoms with Gasteiger partial charge in [-0.3, -0.25) is 4.98 Å². The Morgan fingerprint density at radius 3 is 2.50 bits per heavy atom. The zero-order valence-electron chi connectivity index (χ0n) is 11.3. The summed E-state index contributed by atoms with van der Waals surface area (Å²) in [5, 5.41) is 0. The Balaban J connectivity index is 1.89. The number of nitrogens with zero attached hydrogens (tertiary/aromatic N) is 3. The van der Waals surface area contributed by atoms with Crippen LogP contribution >= 0.6 is 0 Å². The van der Waals surface area contributed by atoms with Gasteiger partial charge in [-0.15, -0.1) is 0 Å². The van der Waals surface area contributed by atoms with Crippen molar-refractivity contribution in [3.05, 3.63) is 72.4 Å². The standard InChI is InChI=1S/C17H15N3/c1-20-13-16(14-7-3-2-4-8-14)19-17(20)11-10-15-9-5-6-12-18-15/h2-13H,1H3. The van der Waals surface area contributed by atoms with Crippen LogP contribution in [0.2, 0.25) is 0 Å². The molecule has 0 amide bonds. The maximum atomic E-state index is 4.64. The predicted molar refractivity (Wildman–Crippen MR) is 81.8 cm³/mol. The molecule has 0 atom stereocenters. The number of aromatic nitrogens is 3. The lowest BCUT2D eigenvalue weighted by atomic mass is 10.2. The van der Waals surface area contributed by atoms with Crippen LogP contribution in [-0.4, -0.2) is 14.5 Å². The fourth-order valence-electron chi connectivity index (χ4n) is 2.02. The minimum Gasteiger partial charge on any atom is -0.334 e. The van der Waals surface area contributed by atoms with E-state index in [1.165, 1.54) is 0 Å². The molecule has 0 fully saturated rings. The van der Waals surface area contributed by atoms with Gasteiger partial charge in [0, 0.05) is 25.0 Å². The summed E-state index contributed by atoms with van der Waals surface area (Å²) in [4.78, 5) is 8.91. The average Bonchev–Trinajstić information content (AvgIpc) is 2.88. The lowest BCUT2D eigenvalue weighted by molar-refractivity contribution is 0.898. The third-order valence-corrected chi connectivity index (χ3v) is 3.07. The third-order valence-electron chi connectivity index (χ3n) is 3.07. The van der Waals surface area contributed by atoms with Crippen LogP contribution in [-0.2, 0) is 7.05 Å². The van der Waals surface area contributed by atoms with E-state index in [1.54, 1.807) is 6.20 Å². The number of hydrogen-bond donors (Lipinski definition) is 0. The summed E-state index contributed by atoms with van der Waals surface area (Å²) < 4.78 is 2.02. The second kappa shape index (κ2) is 5.53. The maximum absolute atomic E-state index is 4.64. The van der Waals surface area contributed by atoms with Crippen molar-refractivity contribution in [2.75, 3.05) is 0 Å². The molecule has 3 aromatic rings. The molecule has 1 aromatic carbocycles. The monoisotopic (exact) mass is 261 g/mol. The number of pyridine rings is 1. The van der Waals surface area contributed by atoms with Crippen molar-refractivity contribution in [2.45, 2.75) is 0 Å². The minimum absolute atomic E-state index is 0.912. The molecular formula is C17H15N3. The molecule has 0 aliphatic rings. The Bertz CT molecular complexity index is 713. The minimum atomic E-state index is 0.912. The molecule has 0 unspecified atom stereocenters. The van der Waals surface area contributed by atoms with Gasteiger partial charge in [-0.1, -0.05) is 36.4 Å². The Morgan fingerprint density at radius 1 is 0.950 bits per heavy atom. The highest BCUT2D eigenvalue weighted by atomic mass is 15.0. The van der Waals surface area contributed by atoms with Gasteiger partial charge in [0.2, 0.25) is 0 Å². The molecule has 0 spiro atoms. The summed E-state index contributed by atoms with van der Waals surface area (Å²) in [5.74, 6) is 0.912. The Hall–Kier alpha value is -2.68. The highest BCUT2D eigenvalue weighted by Gasteiger charge is 2.04. The third kappa shape index (κ3) is 2.67. The first-order valence-corrected chi connectivity index (χ1v) is 6.51. The van der Waals surface area contributed by atoms with Gasteiger partial charge >= 0.3 is 0 Å². The van der Waals surface area contributed by atoms with Crippen LogP contribution in [0.25, 0.3) is 23.4 Å². The van der Waals surface area contributed by atoms with Crippen molar-refractivity contribution in [1.82, 2.24) is 14.5 Å². The highest BCUT2D eigenvalue weighted by molar-refractivity contribution is 5.67. The second-order valence-corrected chi connectivity index (χ2v) is 4.55. The summed E-state index contributed by atoms with van der Waals surface area (Å²) in [6.07, 6.45) is 7.77. The maximum Gasteiger partial charge on any atom is 0.133 e. The number of rotatable bonds is 3. The van der Waals surface area contributed by atoms with Gasteiger partial charge in [0.1, 0.15) is 5.82 Å². The Morgan fingerprint density at radius 2 is 1.75 bits per heavy atom. The smallest absolute Gasteiger partial charge is 0.133 e. The molecule has 2 aromatic heterocycles. The van der Waals surface area contributed by atoms with Crippen LogP contribution < -0.4 is 0 Å². The van der Waals surface area contributed by atoms with Crippen molar-refractivity contribution in [1.29, 1.82) is 0 Å². The SMILES string of the molecule is Cn1cc(-c2ccccc2)nc1C=Cc1ccccn1. The quantitative estimate of drug-likeness (QED) is 0.720. The van der Waals surface area contributed by atoms with Gasteiger partial charge in [0.25, 0.3) is 0 Å².